The summed E-state index contributed by atoms with van der Waals surface area (Å²) in [5.74, 6) is -0.534. The van der Waals surface area contributed by atoms with Crippen LogP contribution in [0.1, 0.15) is 15.4 Å². The maximum Gasteiger partial charge on any atom is 0.272 e. The van der Waals surface area contributed by atoms with Crippen LogP contribution in [0, 0.1) is 5.82 Å². The highest BCUT2D eigenvalue weighted by molar-refractivity contribution is 7.15. The number of hydrogen-bond donors (Lipinski definition) is 1. The SMILES string of the molecule is Cn1nc(C(=O)NCc2ccc(-c3ccccc3)s2)cc1-c1ccc(F)cc1. The van der Waals surface area contributed by atoms with Crippen LogP contribution < -0.4 is 5.32 Å². The number of thiophene rings is 1. The van der Waals surface area contributed by atoms with Crippen molar-refractivity contribution in [3.63, 3.8) is 0 Å². The molecule has 0 radical (unpaired) electrons. The van der Waals surface area contributed by atoms with E-state index in [1.807, 2.05) is 24.3 Å². The van der Waals surface area contributed by atoms with E-state index >= 15 is 0 Å². The Morgan fingerprint density at radius 1 is 1.04 bits per heavy atom. The highest BCUT2D eigenvalue weighted by Gasteiger charge is 2.14. The van der Waals surface area contributed by atoms with E-state index in [1.165, 1.54) is 22.6 Å². The fourth-order valence-corrected chi connectivity index (χ4v) is 3.91. The molecular formula is C22H18FN3OS. The molecule has 0 aliphatic heterocycles. The number of rotatable bonds is 5. The number of amides is 1. The fourth-order valence-electron chi connectivity index (χ4n) is 2.96. The van der Waals surface area contributed by atoms with E-state index in [0.717, 1.165) is 16.1 Å². The van der Waals surface area contributed by atoms with Crippen molar-refractivity contribution in [2.24, 2.45) is 7.05 Å². The van der Waals surface area contributed by atoms with Gasteiger partial charge >= 0.3 is 0 Å². The van der Waals surface area contributed by atoms with Gasteiger partial charge in [-0.2, -0.15) is 5.10 Å². The topological polar surface area (TPSA) is 46.9 Å². The van der Waals surface area contributed by atoms with Gasteiger partial charge in [-0.1, -0.05) is 30.3 Å². The zero-order chi connectivity index (χ0) is 19.5. The highest BCUT2D eigenvalue weighted by atomic mass is 32.1. The monoisotopic (exact) mass is 391 g/mol. The van der Waals surface area contributed by atoms with Gasteiger partial charge in [-0.05, 0) is 53.6 Å². The maximum atomic E-state index is 13.1. The molecule has 0 saturated carbocycles. The number of carbonyl (C=O) groups excluding carboxylic acids is 1. The first kappa shape index (κ1) is 18.1. The molecule has 0 spiro atoms. The molecule has 140 valence electrons. The number of hydrogen-bond acceptors (Lipinski definition) is 3. The largest absolute Gasteiger partial charge is 0.346 e. The molecule has 0 saturated heterocycles. The summed E-state index contributed by atoms with van der Waals surface area (Å²) in [4.78, 5) is 14.7. The molecule has 2 heterocycles. The predicted molar refractivity (Wildman–Crippen MR) is 110 cm³/mol. The minimum Gasteiger partial charge on any atom is -0.346 e. The summed E-state index contributed by atoms with van der Waals surface area (Å²) in [7, 11) is 1.76. The lowest BCUT2D eigenvalue weighted by molar-refractivity contribution is 0.0945. The average Bonchev–Trinajstić information content (AvgIpc) is 3.34. The van der Waals surface area contributed by atoms with Crippen LogP contribution in [0.4, 0.5) is 4.39 Å². The second-order valence-electron chi connectivity index (χ2n) is 6.36. The lowest BCUT2D eigenvalue weighted by atomic mass is 10.1. The highest BCUT2D eigenvalue weighted by Crippen LogP contribution is 2.28. The van der Waals surface area contributed by atoms with Crippen LogP contribution in [0.3, 0.4) is 0 Å². The van der Waals surface area contributed by atoms with E-state index in [9.17, 15) is 9.18 Å². The van der Waals surface area contributed by atoms with Crippen molar-refractivity contribution in [1.29, 1.82) is 0 Å². The Kier molecular flexibility index (Phi) is 5.04. The van der Waals surface area contributed by atoms with Gasteiger partial charge in [0.1, 0.15) is 5.82 Å². The van der Waals surface area contributed by atoms with E-state index in [-0.39, 0.29) is 11.7 Å². The molecule has 2 aromatic carbocycles. The Morgan fingerprint density at radius 2 is 1.79 bits per heavy atom. The molecule has 0 atom stereocenters. The fraction of sp³-hybridized carbons (Fsp3) is 0.0909. The number of aryl methyl sites for hydroxylation is 1. The van der Waals surface area contributed by atoms with Crippen molar-refractivity contribution < 1.29 is 9.18 Å². The molecule has 0 aliphatic rings. The molecule has 28 heavy (non-hydrogen) atoms. The lowest BCUT2D eigenvalue weighted by Crippen LogP contribution is -2.22. The third-order valence-corrected chi connectivity index (χ3v) is 5.53. The number of halogens is 1. The minimum absolute atomic E-state index is 0.237. The van der Waals surface area contributed by atoms with Crippen LogP contribution in [0.5, 0.6) is 0 Å². The molecule has 4 nitrogen and oxygen atoms in total. The maximum absolute atomic E-state index is 13.1. The van der Waals surface area contributed by atoms with E-state index in [2.05, 4.69) is 28.6 Å². The van der Waals surface area contributed by atoms with Gasteiger partial charge in [0.2, 0.25) is 0 Å². The normalized spacial score (nSPS) is 10.8. The predicted octanol–water partition coefficient (Wildman–Crippen LogP) is 4.88. The molecular weight excluding hydrogens is 373 g/mol. The summed E-state index contributed by atoms with van der Waals surface area (Å²) < 4.78 is 14.7. The van der Waals surface area contributed by atoms with E-state index in [0.29, 0.717) is 12.2 Å². The van der Waals surface area contributed by atoms with Crippen LogP contribution in [0.2, 0.25) is 0 Å². The smallest absolute Gasteiger partial charge is 0.272 e. The lowest BCUT2D eigenvalue weighted by Gasteiger charge is -2.00. The molecule has 2 aromatic heterocycles. The standard InChI is InChI=1S/C22H18FN3OS/c1-26-20(15-7-9-17(23)10-8-15)13-19(25-26)22(27)24-14-18-11-12-21(28-18)16-5-3-2-4-6-16/h2-13H,14H2,1H3,(H,24,27). The van der Waals surface area contributed by atoms with Gasteiger partial charge in [0.25, 0.3) is 5.91 Å². The summed E-state index contributed by atoms with van der Waals surface area (Å²) in [6.07, 6.45) is 0. The van der Waals surface area contributed by atoms with Crippen LogP contribution in [0.25, 0.3) is 21.7 Å². The molecule has 0 aliphatic carbocycles. The number of aromatic nitrogens is 2. The van der Waals surface area contributed by atoms with Gasteiger partial charge in [-0.15, -0.1) is 11.3 Å². The molecule has 0 unspecified atom stereocenters. The van der Waals surface area contributed by atoms with Crippen molar-refractivity contribution in [3.05, 3.63) is 89.2 Å². The number of carbonyl (C=O) groups is 1. The number of benzene rings is 2. The van der Waals surface area contributed by atoms with Gasteiger partial charge in [0, 0.05) is 16.8 Å². The summed E-state index contributed by atoms with van der Waals surface area (Å²) in [5, 5.41) is 7.21. The third-order valence-electron chi connectivity index (χ3n) is 4.40. The van der Waals surface area contributed by atoms with E-state index in [1.54, 1.807) is 41.3 Å². The Bertz CT molecular complexity index is 1100. The van der Waals surface area contributed by atoms with Crippen LogP contribution in [-0.2, 0) is 13.6 Å². The average molecular weight is 391 g/mol. The third kappa shape index (κ3) is 3.87. The van der Waals surface area contributed by atoms with Crippen LogP contribution in [0.15, 0.2) is 72.8 Å². The van der Waals surface area contributed by atoms with Crippen molar-refractivity contribution in [1.82, 2.24) is 15.1 Å². The van der Waals surface area contributed by atoms with Crippen LogP contribution >= 0.6 is 11.3 Å². The molecule has 0 fully saturated rings. The Labute approximate surface area is 166 Å². The summed E-state index contributed by atoms with van der Waals surface area (Å²) in [6.45, 7) is 0.443. The van der Waals surface area contributed by atoms with Crippen LogP contribution in [-0.4, -0.2) is 15.7 Å². The van der Waals surface area contributed by atoms with E-state index < -0.39 is 0 Å². The zero-order valence-electron chi connectivity index (χ0n) is 15.2. The quantitative estimate of drug-likeness (QED) is 0.527. The summed E-state index contributed by atoms with van der Waals surface area (Å²) in [5.41, 5.74) is 3.06. The Balaban J connectivity index is 1.44. The van der Waals surface area contributed by atoms with Gasteiger partial charge in [0.15, 0.2) is 5.69 Å². The first-order chi connectivity index (χ1) is 13.6. The molecule has 0 bridgehead atoms. The second-order valence-corrected chi connectivity index (χ2v) is 7.53. The van der Waals surface area contributed by atoms with Gasteiger partial charge in [-0.3, -0.25) is 9.48 Å². The molecule has 4 aromatic rings. The molecule has 1 amide bonds. The van der Waals surface area contributed by atoms with Gasteiger partial charge in [0.05, 0.1) is 12.2 Å². The van der Waals surface area contributed by atoms with Crippen molar-refractivity contribution in [2.75, 3.05) is 0 Å². The van der Waals surface area contributed by atoms with Gasteiger partial charge < -0.3 is 5.32 Å². The van der Waals surface area contributed by atoms with Crippen molar-refractivity contribution in [2.45, 2.75) is 6.54 Å². The molecule has 6 heteroatoms. The van der Waals surface area contributed by atoms with Crippen molar-refractivity contribution >= 4 is 17.2 Å². The summed E-state index contributed by atoms with van der Waals surface area (Å²) >= 11 is 1.65. The first-order valence-corrected chi connectivity index (χ1v) is 9.64. The number of nitrogens with one attached hydrogen (secondary N) is 1. The summed E-state index contributed by atoms with van der Waals surface area (Å²) in [6, 6.07) is 22.1. The molecule has 4 rings (SSSR count). The Hall–Kier alpha value is -3.25. The minimum atomic E-state index is -0.297. The molecule has 1 N–H and O–H groups in total. The number of nitrogens with zero attached hydrogens (tertiary/aromatic N) is 2. The van der Waals surface area contributed by atoms with Crippen molar-refractivity contribution in [3.8, 4) is 21.7 Å². The second kappa shape index (κ2) is 7.78. The zero-order valence-corrected chi connectivity index (χ0v) is 16.0. The Morgan fingerprint density at radius 3 is 2.54 bits per heavy atom. The van der Waals surface area contributed by atoms with E-state index in [4.69, 9.17) is 0 Å². The van der Waals surface area contributed by atoms with Gasteiger partial charge in [-0.25, -0.2) is 4.39 Å². The first-order valence-electron chi connectivity index (χ1n) is 8.82.